The van der Waals surface area contributed by atoms with E-state index in [2.05, 4.69) is 24.3 Å². The van der Waals surface area contributed by atoms with E-state index in [0.717, 1.165) is 13.1 Å². The fourth-order valence-corrected chi connectivity index (χ4v) is 2.55. The van der Waals surface area contributed by atoms with E-state index in [4.69, 9.17) is 14.3 Å². The molecule has 2 aliphatic heterocycles. The van der Waals surface area contributed by atoms with E-state index < -0.39 is 5.79 Å². The molecule has 2 heterocycles. The van der Waals surface area contributed by atoms with Crippen LogP contribution >= 0.6 is 0 Å². The third-order valence-electron chi connectivity index (χ3n) is 3.69. The average molecular weight is 263 g/mol. The molecular formula is C15H21NO3. The van der Waals surface area contributed by atoms with Crippen molar-refractivity contribution >= 4 is 0 Å². The monoisotopic (exact) mass is 263 g/mol. The van der Waals surface area contributed by atoms with E-state index in [1.807, 2.05) is 25.0 Å². The molecule has 2 saturated heterocycles. The van der Waals surface area contributed by atoms with Crippen LogP contribution < -0.4 is 0 Å². The van der Waals surface area contributed by atoms with Gasteiger partial charge in [0.25, 0.3) is 0 Å². The molecule has 0 saturated carbocycles. The zero-order valence-electron chi connectivity index (χ0n) is 11.5. The first-order valence-electron chi connectivity index (χ1n) is 6.86. The Morgan fingerprint density at radius 1 is 1.16 bits per heavy atom. The summed E-state index contributed by atoms with van der Waals surface area (Å²) in [5, 5.41) is 2.02. The summed E-state index contributed by atoms with van der Waals surface area (Å²) in [7, 11) is 0. The summed E-state index contributed by atoms with van der Waals surface area (Å²) in [6.45, 7) is 6.92. The lowest BCUT2D eigenvalue weighted by atomic mass is 10.1. The van der Waals surface area contributed by atoms with Crippen molar-refractivity contribution in [1.82, 2.24) is 5.06 Å². The molecule has 104 valence electrons. The number of hydroxylamine groups is 2. The maximum Gasteiger partial charge on any atom is 0.162 e. The van der Waals surface area contributed by atoms with Crippen LogP contribution in [0.3, 0.4) is 0 Å². The molecule has 0 amide bonds. The molecule has 0 bridgehead atoms. The van der Waals surface area contributed by atoms with Crippen LogP contribution in [0.2, 0.25) is 0 Å². The number of hydrogen-bond acceptors (Lipinski definition) is 4. The summed E-state index contributed by atoms with van der Waals surface area (Å²) in [5.41, 5.74) is 1.26. The van der Waals surface area contributed by atoms with Gasteiger partial charge in [0.2, 0.25) is 0 Å². The van der Waals surface area contributed by atoms with Gasteiger partial charge in [0.15, 0.2) is 5.79 Å². The normalized spacial score (nSPS) is 30.8. The van der Waals surface area contributed by atoms with Crippen LogP contribution in [0.25, 0.3) is 0 Å². The Morgan fingerprint density at radius 3 is 2.68 bits per heavy atom. The molecule has 19 heavy (non-hydrogen) atoms. The van der Waals surface area contributed by atoms with Crippen molar-refractivity contribution in [2.75, 3.05) is 19.8 Å². The van der Waals surface area contributed by atoms with Crippen molar-refractivity contribution in [2.45, 2.75) is 32.3 Å². The summed E-state index contributed by atoms with van der Waals surface area (Å²) >= 11 is 0. The first kappa shape index (κ1) is 13.1. The molecule has 2 atom stereocenters. The third kappa shape index (κ3) is 3.15. The Morgan fingerprint density at radius 2 is 1.89 bits per heavy atom. The molecule has 2 aliphatic rings. The third-order valence-corrected chi connectivity index (χ3v) is 3.69. The van der Waals surface area contributed by atoms with Crippen molar-refractivity contribution in [3.05, 3.63) is 35.9 Å². The molecule has 0 aliphatic carbocycles. The summed E-state index contributed by atoms with van der Waals surface area (Å²) in [5.74, 6) is -0.0942. The van der Waals surface area contributed by atoms with Gasteiger partial charge in [-0.1, -0.05) is 30.3 Å². The van der Waals surface area contributed by atoms with E-state index in [0.29, 0.717) is 19.1 Å². The predicted octanol–water partition coefficient (Wildman–Crippen LogP) is 2.20. The molecule has 4 heteroatoms. The van der Waals surface area contributed by atoms with Crippen LogP contribution in [0.5, 0.6) is 0 Å². The van der Waals surface area contributed by atoms with Gasteiger partial charge in [-0.15, -0.1) is 0 Å². The average Bonchev–Trinajstić information content (AvgIpc) is 2.72. The second kappa shape index (κ2) is 5.21. The second-order valence-electron chi connectivity index (χ2n) is 5.73. The minimum atomic E-state index is -0.488. The Labute approximate surface area is 114 Å². The fraction of sp³-hybridized carbons (Fsp3) is 0.600. The summed E-state index contributed by atoms with van der Waals surface area (Å²) in [6, 6.07) is 10.4. The minimum Gasteiger partial charge on any atom is -0.350 e. The lowest BCUT2D eigenvalue weighted by Crippen LogP contribution is -2.30. The van der Waals surface area contributed by atoms with Crippen molar-refractivity contribution in [2.24, 2.45) is 5.92 Å². The quantitative estimate of drug-likeness (QED) is 0.818. The first-order chi connectivity index (χ1) is 9.12. The molecule has 2 fully saturated rings. The van der Waals surface area contributed by atoms with Crippen LogP contribution in [0.1, 0.15) is 19.4 Å². The van der Waals surface area contributed by atoms with Crippen molar-refractivity contribution in [1.29, 1.82) is 0 Å². The summed E-state index contributed by atoms with van der Waals surface area (Å²) in [6.07, 6.45) is 0.116. The molecule has 0 N–H and O–H groups in total. The Balaban J connectivity index is 1.59. The van der Waals surface area contributed by atoms with Gasteiger partial charge in [0.05, 0.1) is 13.2 Å². The number of rotatable bonds is 2. The number of ether oxygens (including phenoxy) is 2. The fourth-order valence-electron chi connectivity index (χ4n) is 2.55. The van der Waals surface area contributed by atoms with E-state index in [1.165, 1.54) is 5.56 Å². The lowest BCUT2D eigenvalue weighted by molar-refractivity contribution is -0.225. The van der Waals surface area contributed by atoms with Gasteiger partial charge in [-0.25, -0.2) is 0 Å². The Hall–Kier alpha value is -0.940. The van der Waals surface area contributed by atoms with Crippen LogP contribution in [0.15, 0.2) is 30.3 Å². The molecule has 1 aromatic carbocycles. The first-order valence-corrected chi connectivity index (χ1v) is 6.86. The van der Waals surface area contributed by atoms with Crippen LogP contribution in [0.4, 0.5) is 0 Å². The number of nitrogens with zero attached hydrogens (tertiary/aromatic N) is 1. The molecule has 0 aromatic heterocycles. The van der Waals surface area contributed by atoms with E-state index in [1.54, 1.807) is 0 Å². The second-order valence-corrected chi connectivity index (χ2v) is 5.73. The highest BCUT2D eigenvalue weighted by Gasteiger charge is 2.39. The largest absolute Gasteiger partial charge is 0.350 e. The SMILES string of the molecule is CC1(C)OCC2CN(Cc3ccccc3)OC2CO1. The molecular weight excluding hydrogens is 242 g/mol. The zero-order chi connectivity index (χ0) is 13.3. The molecule has 1 aromatic rings. The topological polar surface area (TPSA) is 30.9 Å². The van der Waals surface area contributed by atoms with Gasteiger partial charge in [0, 0.05) is 19.0 Å². The standard InChI is InChI=1S/C15H21NO3/c1-15(2)17-10-13-9-16(19-14(13)11-18-15)8-12-6-4-3-5-7-12/h3-7,13-14H,8-11H2,1-2H3. The van der Waals surface area contributed by atoms with E-state index >= 15 is 0 Å². The smallest absolute Gasteiger partial charge is 0.162 e. The molecule has 0 radical (unpaired) electrons. The molecule has 4 nitrogen and oxygen atoms in total. The molecule has 3 rings (SSSR count). The Bertz CT molecular complexity index is 403. The van der Waals surface area contributed by atoms with Crippen molar-refractivity contribution < 1.29 is 14.3 Å². The van der Waals surface area contributed by atoms with Gasteiger partial charge in [0.1, 0.15) is 6.10 Å². The Kier molecular flexibility index (Phi) is 3.58. The van der Waals surface area contributed by atoms with Gasteiger partial charge in [-0.2, -0.15) is 5.06 Å². The minimum absolute atomic E-state index is 0.116. The van der Waals surface area contributed by atoms with Crippen molar-refractivity contribution in [3.63, 3.8) is 0 Å². The van der Waals surface area contributed by atoms with Crippen LogP contribution in [-0.2, 0) is 20.9 Å². The van der Waals surface area contributed by atoms with Crippen LogP contribution in [-0.4, -0.2) is 36.7 Å². The van der Waals surface area contributed by atoms with E-state index in [9.17, 15) is 0 Å². The number of fused-ring (bicyclic) bond motifs is 1. The number of hydrogen-bond donors (Lipinski definition) is 0. The zero-order valence-corrected chi connectivity index (χ0v) is 11.5. The molecule has 0 spiro atoms. The van der Waals surface area contributed by atoms with Gasteiger partial charge >= 0.3 is 0 Å². The lowest BCUT2D eigenvalue weighted by Gasteiger charge is -2.24. The highest BCUT2D eigenvalue weighted by molar-refractivity contribution is 5.14. The highest BCUT2D eigenvalue weighted by atomic mass is 16.7. The maximum absolute atomic E-state index is 5.97. The van der Waals surface area contributed by atoms with Crippen molar-refractivity contribution in [3.8, 4) is 0 Å². The number of benzene rings is 1. The maximum atomic E-state index is 5.97. The van der Waals surface area contributed by atoms with Gasteiger partial charge in [-0.3, -0.25) is 4.84 Å². The summed E-state index contributed by atoms with van der Waals surface area (Å²) in [4.78, 5) is 5.97. The van der Waals surface area contributed by atoms with Gasteiger partial charge in [-0.05, 0) is 19.4 Å². The van der Waals surface area contributed by atoms with E-state index in [-0.39, 0.29) is 6.10 Å². The summed E-state index contributed by atoms with van der Waals surface area (Å²) < 4.78 is 11.5. The van der Waals surface area contributed by atoms with Gasteiger partial charge < -0.3 is 9.47 Å². The molecule has 2 unspecified atom stereocenters. The van der Waals surface area contributed by atoms with Crippen LogP contribution in [0, 0.1) is 5.92 Å². The highest BCUT2D eigenvalue weighted by Crippen LogP contribution is 2.29. The predicted molar refractivity (Wildman–Crippen MR) is 71.2 cm³/mol.